The molecule has 0 aromatic heterocycles. The van der Waals surface area contributed by atoms with Gasteiger partial charge < -0.3 is 10.2 Å². The maximum absolute atomic E-state index is 14.4. The topological polar surface area (TPSA) is 86.8 Å². The minimum atomic E-state index is -4.12. The molecule has 43 heavy (non-hydrogen) atoms. The van der Waals surface area contributed by atoms with Gasteiger partial charge in [-0.2, -0.15) is 0 Å². The van der Waals surface area contributed by atoms with E-state index in [1.54, 1.807) is 72.8 Å². The Labute approximate surface area is 259 Å². The fourth-order valence-electron chi connectivity index (χ4n) is 4.69. The lowest BCUT2D eigenvalue weighted by Crippen LogP contribution is -2.53. The third kappa shape index (κ3) is 8.69. The molecule has 224 valence electrons. The van der Waals surface area contributed by atoms with Crippen LogP contribution in [0.2, 0.25) is 5.02 Å². The Balaban J connectivity index is 1.76. The number of hydrogen-bond acceptors (Lipinski definition) is 4. The first-order valence-electron chi connectivity index (χ1n) is 14.3. The van der Waals surface area contributed by atoms with Crippen LogP contribution < -0.4 is 9.62 Å². The highest BCUT2D eigenvalue weighted by molar-refractivity contribution is 7.92. The predicted octanol–water partition coefficient (Wildman–Crippen LogP) is 6.09. The second-order valence-electron chi connectivity index (χ2n) is 10.2. The summed E-state index contributed by atoms with van der Waals surface area (Å²) in [4.78, 5) is 29.6. The first-order chi connectivity index (χ1) is 20.8. The zero-order valence-corrected chi connectivity index (χ0v) is 25.7. The first-order valence-corrected chi connectivity index (χ1v) is 16.1. The van der Waals surface area contributed by atoms with Crippen molar-refractivity contribution in [1.82, 2.24) is 10.2 Å². The van der Waals surface area contributed by atoms with Crippen molar-refractivity contribution in [3.8, 4) is 0 Å². The van der Waals surface area contributed by atoms with Gasteiger partial charge in [0.2, 0.25) is 11.8 Å². The minimum absolute atomic E-state index is 0.0639. The normalized spacial score (nSPS) is 11.9. The van der Waals surface area contributed by atoms with Crippen molar-refractivity contribution in [3.05, 3.63) is 131 Å². The average molecular weight is 618 g/mol. The van der Waals surface area contributed by atoms with Crippen molar-refractivity contribution >= 4 is 39.1 Å². The van der Waals surface area contributed by atoms with Crippen molar-refractivity contribution in [2.24, 2.45) is 0 Å². The molecule has 7 nitrogen and oxygen atoms in total. The highest BCUT2D eigenvalue weighted by Gasteiger charge is 2.34. The second kappa shape index (κ2) is 15.4. The van der Waals surface area contributed by atoms with Crippen LogP contribution >= 0.6 is 11.6 Å². The van der Waals surface area contributed by atoms with E-state index in [-0.39, 0.29) is 23.8 Å². The van der Waals surface area contributed by atoms with Crippen LogP contribution in [0.3, 0.4) is 0 Å². The number of halogens is 1. The molecule has 1 N–H and O–H groups in total. The zero-order chi connectivity index (χ0) is 30.7. The van der Waals surface area contributed by atoms with E-state index >= 15 is 0 Å². The number of carbonyl (C=O) groups is 2. The van der Waals surface area contributed by atoms with Gasteiger partial charge in [-0.25, -0.2) is 8.42 Å². The number of amides is 2. The van der Waals surface area contributed by atoms with Gasteiger partial charge in [0, 0.05) is 24.5 Å². The summed E-state index contributed by atoms with van der Waals surface area (Å²) in [5, 5.41) is 3.53. The van der Waals surface area contributed by atoms with E-state index in [4.69, 9.17) is 11.6 Å². The van der Waals surface area contributed by atoms with Gasteiger partial charge in [-0.1, -0.05) is 104 Å². The van der Waals surface area contributed by atoms with Gasteiger partial charge in [-0.05, 0) is 53.9 Å². The second-order valence-corrected chi connectivity index (χ2v) is 12.5. The molecule has 0 aliphatic heterocycles. The van der Waals surface area contributed by atoms with Crippen molar-refractivity contribution in [3.63, 3.8) is 0 Å². The van der Waals surface area contributed by atoms with Crippen LogP contribution in [0, 0.1) is 0 Å². The van der Waals surface area contributed by atoms with Gasteiger partial charge in [0.25, 0.3) is 10.0 Å². The molecule has 4 aromatic rings. The molecule has 0 aliphatic rings. The lowest BCUT2D eigenvalue weighted by Gasteiger charge is -2.34. The molecule has 0 saturated heterocycles. The number of sulfonamides is 1. The van der Waals surface area contributed by atoms with Gasteiger partial charge >= 0.3 is 0 Å². The summed E-state index contributed by atoms with van der Waals surface area (Å²) in [5.74, 6) is -0.804. The minimum Gasteiger partial charge on any atom is -0.354 e. The molecule has 0 spiro atoms. The number of benzene rings is 4. The highest BCUT2D eigenvalue weighted by atomic mass is 35.5. The quantitative estimate of drug-likeness (QED) is 0.174. The van der Waals surface area contributed by atoms with Crippen LogP contribution in [0.1, 0.15) is 30.9 Å². The molecule has 4 rings (SSSR count). The van der Waals surface area contributed by atoms with E-state index in [0.717, 1.165) is 28.3 Å². The molecular formula is C34H36ClN3O4S. The van der Waals surface area contributed by atoms with Crippen molar-refractivity contribution in [1.29, 1.82) is 0 Å². The van der Waals surface area contributed by atoms with Crippen molar-refractivity contribution in [2.45, 2.75) is 43.7 Å². The lowest BCUT2D eigenvalue weighted by molar-refractivity contribution is -0.140. The number of rotatable bonds is 14. The smallest absolute Gasteiger partial charge is 0.264 e. The summed E-state index contributed by atoms with van der Waals surface area (Å²) in [6, 6.07) is 32.2. The molecular weight excluding hydrogens is 582 g/mol. The zero-order valence-electron chi connectivity index (χ0n) is 24.1. The van der Waals surface area contributed by atoms with Crippen molar-refractivity contribution < 1.29 is 18.0 Å². The standard InChI is InChI=1S/C34H36ClN3O4S/c1-2-3-23-36-34(40)32(24-27-13-7-4-8-14-27)37(25-28-19-21-29(35)22-20-28)33(39)26-38(30-15-9-5-10-16-30)43(41,42)31-17-11-6-12-18-31/h4-22,32H,2-3,23-26H2,1H3,(H,36,40). The van der Waals surface area contributed by atoms with Crippen LogP contribution in [0.25, 0.3) is 0 Å². The molecule has 0 aliphatic carbocycles. The fraction of sp³-hybridized carbons (Fsp3) is 0.235. The summed E-state index contributed by atoms with van der Waals surface area (Å²) in [7, 11) is -4.12. The number of hydrogen-bond donors (Lipinski definition) is 1. The number of unbranched alkanes of at least 4 members (excludes halogenated alkanes) is 1. The summed E-state index contributed by atoms with van der Waals surface area (Å²) in [6.45, 7) is 2.10. The number of anilines is 1. The van der Waals surface area contributed by atoms with Gasteiger partial charge in [-0.15, -0.1) is 0 Å². The van der Waals surface area contributed by atoms with E-state index in [2.05, 4.69) is 5.32 Å². The Hall–Kier alpha value is -4.14. The molecule has 1 atom stereocenters. The Morgan fingerprint density at radius 3 is 1.98 bits per heavy atom. The Morgan fingerprint density at radius 2 is 1.37 bits per heavy atom. The number of para-hydroxylation sites is 1. The van der Waals surface area contributed by atoms with Gasteiger partial charge in [-0.3, -0.25) is 13.9 Å². The monoisotopic (exact) mass is 617 g/mol. The van der Waals surface area contributed by atoms with E-state index in [9.17, 15) is 18.0 Å². The molecule has 0 radical (unpaired) electrons. The maximum atomic E-state index is 14.4. The van der Waals surface area contributed by atoms with E-state index in [1.165, 1.54) is 17.0 Å². The van der Waals surface area contributed by atoms with E-state index < -0.39 is 28.5 Å². The van der Waals surface area contributed by atoms with Crippen LogP contribution in [0.4, 0.5) is 5.69 Å². The molecule has 0 saturated carbocycles. The largest absolute Gasteiger partial charge is 0.354 e. The number of nitrogens with zero attached hydrogens (tertiary/aromatic N) is 2. The average Bonchev–Trinajstić information content (AvgIpc) is 3.03. The maximum Gasteiger partial charge on any atom is 0.264 e. The number of carbonyl (C=O) groups excluding carboxylic acids is 2. The third-order valence-electron chi connectivity index (χ3n) is 7.02. The van der Waals surface area contributed by atoms with E-state index in [0.29, 0.717) is 17.3 Å². The number of nitrogens with one attached hydrogen (secondary N) is 1. The first kappa shape index (κ1) is 31.8. The Morgan fingerprint density at radius 1 is 0.791 bits per heavy atom. The SMILES string of the molecule is CCCCNC(=O)C(Cc1ccccc1)N(Cc1ccc(Cl)cc1)C(=O)CN(c1ccccc1)S(=O)(=O)c1ccccc1. The summed E-state index contributed by atoms with van der Waals surface area (Å²) in [6.07, 6.45) is 1.96. The molecule has 1 unspecified atom stereocenters. The Bertz CT molecular complexity index is 1570. The Kier molecular flexibility index (Phi) is 11.4. The lowest BCUT2D eigenvalue weighted by atomic mass is 10.0. The molecule has 2 amide bonds. The predicted molar refractivity (Wildman–Crippen MR) is 171 cm³/mol. The molecule has 9 heteroatoms. The summed E-state index contributed by atoms with van der Waals surface area (Å²) < 4.78 is 28.9. The van der Waals surface area contributed by atoms with Gasteiger partial charge in [0.05, 0.1) is 10.6 Å². The van der Waals surface area contributed by atoms with Gasteiger partial charge in [0.15, 0.2) is 0 Å². The van der Waals surface area contributed by atoms with Crippen LogP contribution in [-0.2, 0) is 32.6 Å². The van der Waals surface area contributed by atoms with Crippen molar-refractivity contribution in [2.75, 3.05) is 17.4 Å². The molecule has 0 bridgehead atoms. The molecule has 0 fully saturated rings. The fourth-order valence-corrected chi connectivity index (χ4v) is 6.25. The van der Waals surface area contributed by atoms with Crippen LogP contribution in [0.15, 0.2) is 120 Å². The van der Waals surface area contributed by atoms with Gasteiger partial charge in [0.1, 0.15) is 12.6 Å². The third-order valence-corrected chi connectivity index (χ3v) is 9.06. The summed E-state index contributed by atoms with van der Waals surface area (Å²) >= 11 is 6.13. The summed E-state index contributed by atoms with van der Waals surface area (Å²) in [5.41, 5.74) is 1.98. The van der Waals surface area contributed by atoms with Crippen LogP contribution in [-0.4, -0.2) is 44.3 Å². The highest BCUT2D eigenvalue weighted by Crippen LogP contribution is 2.25. The van der Waals surface area contributed by atoms with Crippen LogP contribution in [0.5, 0.6) is 0 Å². The molecule has 4 aromatic carbocycles. The van der Waals surface area contributed by atoms with E-state index in [1.807, 2.05) is 37.3 Å². The molecule has 0 heterocycles.